The quantitative estimate of drug-likeness (QED) is 0.435. The molecule has 0 bridgehead atoms. The molecule has 2 heterocycles. The molecule has 0 aliphatic heterocycles. The molecule has 0 saturated carbocycles. The monoisotopic (exact) mass is 508 g/mol. The summed E-state index contributed by atoms with van der Waals surface area (Å²) in [6, 6.07) is 5.57. The van der Waals surface area contributed by atoms with Crippen molar-refractivity contribution in [2.75, 3.05) is 25.2 Å². The van der Waals surface area contributed by atoms with Gasteiger partial charge in [0.15, 0.2) is 16.1 Å². The van der Waals surface area contributed by atoms with E-state index in [4.69, 9.17) is 16.3 Å². The van der Waals surface area contributed by atoms with Crippen LogP contribution in [0, 0.1) is 13.8 Å². The summed E-state index contributed by atoms with van der Waals surface area (Å²) in [6.07, 6.45) is 0. The highest BCUT2D eigenvalue weighted by Crippen LogP contribution is 2.27. The van der Waals surface area contributed by atoms with Gasteiger partial charge in [-0.25, -0.2) is 4.98 Å². The normalized spacial score (nSPS) is 10.8. The Balaban J connectivity index is 1.60. The fourth-order valence-electron chi connectivity index (χ4n) is 2.85. The van der Waals surface area contributed by atoms with Gasteiger partial charge in [0.25, 0.3) is 5.91 Å². The molecule has 0 aliphatic carbocycles. The maximum atomic E-state index is 12.4. The number of anilines is 1. The third kappa shape index (κ3) is 6.24. The van der Waals surface area contributed by atoms with Gasteiger partial charge in [-0.05, 0) is 38.5 Å². The van der Waals surface area contributed by atoms with E-state index < -0.39 is 0 Å². The molecule has 1 N–H and O–H groups in total. The average Bonchev–Trinajstić information content (AvgIpc) is 3.34. The van der Waals surface area contributed by atoms with E-state index in [1.807, 2.05) is 30.5 Å². The number of amides is 2. The second-order valence-corrected chi connectivity index (χ2v) is 9.68. The first-order chi connectivity index (χ1) is 15.7. The molecule has 0 fully saturated rings. The van der Waals surface area contributed by atoms with Crippen molar-refractivity contribution in [1.82, 2.24) is 24.6 Å². The number of hydrogen-bond donors (Lipinski definition) is 1. The number of carbonyl (C=O) groups excluding carboxylic acids is 2. The topological polar surface area (TPSA) is 102 Å². The Bertz CT molecular complexity index is 1160. The summed E-state index contributed by atoms with van der Waals surface area (Å²) in [5.74, 6) is 0.963. The third-order valence-electron chi connectivity index (χ3n) is 4.53. The Labute approximate surface area is 205 Å². The molecule has 0 unspecified atom stereocenters. The van der Waals surface area contributed by atoms with Gasteiger partial charge >= 0.3 is 0 Å². The van der Waals surface area contributed by atoms with Gasteiger partial charge < -0.3 is 19.5 Å². The van der Waals surface area contributed by atoms with Crippen molar-refractivity contribution in [3.8, 4) is 5.75 Å². The lowest BCUT2D eigenvalue weighted by atomic mass is 10.2. The predicted molar refractivity (Wildman–Crippen MR) is 130 cm³/mol. The molecular weight excluding hydrogens is 484 g/mol. The summed E-state index contributed by atoms with van der Waals surface area (Å²) in [5.41, 5.74) is 1.63. The van der Waals surface area contributed by atoms with Gasteiger partial charge in [0, 0.05) is 20.6 Å². The van der Waals surface area contributed by atoms with Crippen LogP contribution in [0.25, 0.3) is 0 Å². The zero-order valence-electron chi connectivity index (χ0n) is 19.0. The third-order valence-corrected chi connectivity index (χ3v) is 6.87. The molecule has 176 valence electrons. The number of thiazole rings is 1. The highest BCUT2D eigenvalue weighted by Gasteiger charge is 2.19. The lowest BCUT2D eigenvalue weighted by molar-refractivity contribution is -0.113. The minimum Gasteiger partial charge on any atom is -0.484 e. The molecule has 0 spiro atoms. The minimum atomic E-state index is -0.243. The van der Waals surface area contributed by atoms with Crippen molar-refractivity contribution < 1.29 is 14.3 Å². The maximum absolute atomic E-state index is 12.4. The van der Waals surface area contributed by atoms with Crippen LogP contribution >= 0.6 is 34.7 Å². The van der Waals surface area contributed by atoms with Crippen LogP contribution in [0.3, 0.4) is 0 Å². The number of halogens is 1. The fraction of sp³-hybridized carbons (Fsp3) is 0.381. The lowest BCUT2D eigenvalue weighted by Crippen LogP contribution is -2.21. The smallest absolute Gasteiger partial charge is 0.265 e. The van der Waals surface area contributed by atoms with Crippen molar-refractivity contribution in [2.24, 2.45) is 0 Å². The van der Waals surface area contributed by atoms with E-state index in [2.05, 4.69) is 20.5 Å². The van der Waals surface area contributed by atoms with Gasteiger partial charge in [0.2, 0.25) is 5.91 Å². The number of nitrogens with one attached hydrogen (secondary N) is 1. The molecular formula is C21H25ClN6O3S2. The molecule has 9 nitrogen and oxygen atoms in total. The maximum Gasteiger partial charge on any atom is 0.265 e. The highest BCUT2D eigenvalue weighted by atomic mass is 35.5. The number of benzene rings is 1. The van der Waals surface area contributed by atoms with Gasteiger partial charge in [-0.2, -0.15) is 0 Å². The van der Waals surface area contributed by atoms with Crippen LogP contribution in [0.4, 0.5) is 5.13 Å². The van der Waals surface area contributed by atoms with Crippen molar-refractivity contribution >= 4 is 51.6 Å². The number of aromatic nitrogens is 4. The van der Waals surface area contributed by atoms with Crippen LogP contribution in [-0.4, -0.2) is 56.3 Å². The van der Waals surface area contributed by atoms with E-state index in [0.29, 0.717) is 44.0 Å². The Kier molecular flexibility index (Phi) is 8.33. The summed E-state index contributed by atoms with van der Waals surface area (Å²) < 4.78 is 7.72. The second kappa shape index (κ2) is 11.0. The Morgan fingerprint density at radius 1 is 1.27 bits per heavy atom. The predicted octanol–water partition coefficient (Wildman–Crippen LogP) is 4.04. The molecule has 0 saturated heterocycles. The van der Waals surface area contributed by atoms with E-state index in [-0.39, 0.29) is 24.2 Å². The first kappa shape index (κ1) is 25.0. The summed E-state index contributed by atoms with van der Waals surface area (Å²) in [6.45, 7) is 6.51. The Hall–Kier alpha value is -2.63. The number of thioether (sulfide) groups is 1. The van der Waals surface area contributed by atoms with Crippen molar-refractivity contribution in [3.63, 3.8) is 0 Å². The van der Waals surface area contributed by atoms with Crippen LogP contribution in [0.2, 0.25) is 5.02 Å². The van der Waals surface area contributed by atoms with Gasteiger partial charge in [0.1, 0.15) is 17.2 Å². The molecule has 1 aromatic carbocycles. The Morgan fingerprint density at radius 3 is 2.73 bits per heavy atom. The number of nitrogens with zero attached hydrogens (tertiary/aromatic N) is 5. The number of ether oxygens (including phenoxy) is 1. The summed E-state index contributed by atoms with van der Waals surface area (Å²) in [4.78, 5) is 30.9. The molecule has 3 rings (SSSR count). The largest absolute Gasteiger partial charge is 0.484 e. The SMILES string of the molecule is CCn1c(COc2cc(C)ccc2Cl)nnc1SCC(=O)Nc1nc(C)c(C(=O)N(C)C)s1. The lowest BCUT2D eigenvalue weighted by Gasteiger charge is -2.10. The number of hydrogen-bond acceptors (Lipinski definition) is 8. The van der Waals surface area contributed by atoms with Crippen LogP contribution in [0.5, 0.6) is 5.75 Å². The number of rotatable bonds is 9. The van der Waals surface area contributed by atoms with Crippen LogP contribution in [0.1, 0.15) is 33.7 Å². The number of carbonyl (C=O) groups is 2. The molecule has 0 aliphatic rings. The van der Waals surface area contributed by atoms with E-state index >= 15 is 0 Å². The standard InChI is InChI=1S/C21H25ClN6O3S2/c1-6-28-16(10-31-15-9-12(2)7-8-14(15)22)25-26-21(28)32-11-17(29)24-20-23-13(3)18(33-20)19(30)27(4)5/h7-9H,6,10-11H2,1-5H3,(H,23,24,29). The first-order valence-electron chi connectivity index (χ1n) is 10.1. The highest BCUT2D eigenvalue weighted by molar-refractivity contribution is 7.99. The van der Waals surface area contributed by atoms with Gasteiger partial charge in [-0.3, -0.25) is 9.59 Å². The van der Waals surface area contributed by atoms with E-state index in [9.17, 15) is 9.59 Å². The van der Waals surface area contributed by atoms with Gasteiger partial charge in [-0.15, -0.1) is 10.2 Å². The van der Waals surface area contributed by atoms with Crippen LogP contribution < -0.4 is 10.1 Å². The molecule has 0 radical (unpaired) electrons. The van der Waals surface area contributed by atoms with Crippen molar-refractivity contribution in [2.45, 2.75) is 39.1 Å². The average molecular weight is 509 g/mol. The van der Waals surface area contributed by atoms with Gasteiger partial charge in [-0.1, -0.05) is 40.8 Å². The van der Waals surface area contributed by atoms with Gasteiger partial charge in [0.05, 0.1) is 16.5 Å². The van der Waals surface area contributed by atoms with Crippen LogP contribution in [0.15, 0.2) is 23.4 Å². The number of aryl methyl sites for hydroxylation is 2. The second-order valence-electron chi connectivity index (χ2n) is 7.34. The molecule has 2 amide bonds. The van der Waals surface area contributed by atoms with Crippen LogP contribution in [-0.2, 0) is 17.9 Å². The van der Waals surface area contributed by atoms with E-state index in [0.717, 1.165) is 16.9 Å². The molecule has 3 aromatic rings. The Morgan fingerprint density at radius 2 is 2.03 bits per heavy atom. The molecule has 33 heavy (non-hydrogen) atoms. The summed E-state index contributed by atoms with van der Waals surface area (Å²) in [7, 11) is 3.35. The molecule has 12 heteroatoms. The summed E-state index contributed by atoms with van der Waals surface area (Å²) >= 11 is 8.62. The fourth-order valence-corrected chi connectivity index (χ4v) is 4.85. The van der Waals surface area contributed by atoms with Crippen molar-refractivity contribution in [3.05, 3.63) is 45.2 Å². The zero-order chi connectivity index (χ0) is 24.1. The van der Waals surface area contributed by atoms with E-state index in [1.54, 1.807) is 27.1 Å². The first-order valence-corrected chi connectivity index (χ1v) is 12.3. The van der Waals surface area contributed by atoms with Crippen molar-refractivity contribution in [1.29, 1.82) is 0 Å². The molecule has 0 atom stereocenters. The summed E-state index contributed by atoms with van der Waals surface area (Å²) in [5, 5.41) is 12.7. The van der Waals surface area contributed by atoms with E-state index in [1.165, 1.54) is 16.7 Å². The molecule has 2 aromatic heterocycles. The zero-order valence-corrected chi connectivity index (χ0v) is 21.4. The minimum absolute atomic E-state index is 0.123.